The second kappa shape index (κ2) is 5.10. The van der Waals surface area contributed by atoms with Gasteiger partial charge < -0.3 is 5.32 Å². The van der Waals surface area contributed by atoms with Crippen molar-refractivity contribution >= 4 is 11.7 Å². The number of benzene rings is 1. The van der Waals surface area contributed by atoms with Crippen LogP contribution in [0.25, 0.3) is 0 Å². The summed E-state index contributed by atoms with van der Waals surface area (Å²) in [7, 11) is 0. The molecule has 0 spiro atoms. The highest BCUT2D eigenvalue weighted by Gasteiger charge is 2.13. The maximum Gasteiger partial charge on any atom is 0.222 e. The van der Waals surface area contributed by atoms with Crippen molar-refractivity contribution in [1.29, 1.82) is 5.26 Å². The number of hydrogen-bond donors (Lipinski definition) is 1. The summed E-state index contributed by atoms with van der Waals surface area (Å²) in [6.07, 6.45) is 0. The van der Waals surface area contributed by atoms with E-state index in [-0.39, 0.29) is 11.6 Å². The van der Waals surface area contributed by atoms with Crippen molar-refractivity contribution in [2.75, 3.05) is 5.32 Å². The van der Waals surface area contributed by atoms with Crippen LogP contribution in [0.1, 0.15) is 18.2 Å². The molecule has 0 aliphatic rings. The van der Waals surface area contributed by atoms with E-state index in [1.807, 2.05) is 36.4 Å². The Balaban J connectivity index is 2.31. The molecule has 18 heavy (non-hydrogen) atoms. The minimum absolute atomic E-state index is 0.112. The lowest BCUT2D eigenvalue weighted by Crippen LogP contribution is -2.13. The highest BCUT2D eigenvalue weighted by atomic mass is 16.1. The molecule has 2 aromatic rings. The second-order valence-electron chi connectivity index (χ2n) is 3.72. The van der Waals surface area contributed by atoms with Gasteiger partial charge in [-0.15, -0.1) is 5.10 Å². The maximum absolute atomic E-state index is 11.1. The molecule has 0 atom stereocenters. The van der Waals surface area contributed by atoms with E-state index < -0.39 is 0 Å². The Morgan fingerprint density at radius 3 is 2.78 bits per heavy atom. The van der Waals surface area contributed by atoms with Crippen LogP contribution < -0.4 is 5.32 Å². The number of rotatable bonds is 3. The van der Waals surface area contributed by atoms with Crippen molar-refractivity contribution in [2.45, 2.75) is 13.5 Å². The topological polar surface area (TPSA) is 83.6 Å². The summed E-state index contributed by atoms with van der Waals surface area (Å²) >= 11 is 0. The van der Waals surface area contributed by atoms with Crippen LogP contribution in [0.4, 0.5) is 5.82 Å². The van der Waals surface area contributed by atoms with Crippen LogP contribution >= 0.6 is 0 Å². The number of carbonyl (C=O) groups is 1. The molecule has 0 aliphatic heterocycles. The van der Waals surface area contributed by atoms with Crippen LogP contribution in [0, 0.1) is 11.3 Å². The highest BCUT2D eigenvalue weighted by Crippen LogP contribution is 2.13. The molecule has 1 N–H and O–H groups in total. The largest absolute Gasteiger partial charge is 0.309 e. The van der Waals surface area contributed by atoms with Crippen molar-refractivity contribution < 1.29 is 4.79 Å². The maximum atomic E-state index is 11.1. The van der Waals surface area contributed by atoms with Gasteiger partial charge in [0, 0.05) is 6.92 Å². The number of amides is 1. The molecule has 0 saturated carbocycles. The summed E-state index contributed by atoms with van der Waals surface area (Å²) < 4.78 is 1.50. The molecule has 1 heterocycles. The number of hydrogen-bond acceptors (Lipinski definition) is 4. The van der Waals surface area contributed by atoms with Crippen LogP contribution in [0.2, 0.25) is 0 Å². The molecular formula is C12H11N5O. The van der Waals surface area contributed by atoms with Crippen molar-refractivity contribution in [3.05, 3.63) is 41.6 Å². The SMILES string of the molecule is CC(=O)Nc1c(C#N)nnn1Cc1ccccc1. The molecular weight excluding hydrogens is 230 g/mol. The highest BCUT2D eigenvalue weighted by molar-refractivity contribution is 5.88. The summed E-state index contributed by atoms with van der Waals surface area (Å²) in [5.41, 5.74) is 1.12. The molecule has 0 radical (unpaired) electrons. The van der Waals surface area contributed by atoms with E-state index in [2.05, 4.69) is 15.6 Å². The average molecular weight is 241 g/mol. The van der Waals surface area contributed by atoms with Gasteiger partial charge in [-0.1, -0.05) is 35.5 Å². The van der Waals surface area contributed by atoms with Gasteiger partial charge in [-0.2, -0.15) is 5.26 Å². The van der Waals surface area contributed by atoms with Gasteiger partial charge in [-0.05, 0) is 5.56 Å². The fraction of sp³-hybridized carbons (Fsp3) is 0.167. The Kier molecular flexibility index (Phi) is 3.34. The number of aromatic nitrogens is 3. The van der Waals surface area contributed by atoms with E-state index in [0.717, 1.165) is 5.56 Å². The molecule has 90 valence electrons. The minimum Gasteiger partial charge on any atom is -0.309 e. The van der Waals surface area contributed by atoms with Crippen molar-refractivity contribution in [2.24, 2.45) is 0 Å². The Morgan fingerprint density at radius 2 is 2.17 bits per heavy atom. The lowest BCUT2D eigenvalue weighted by molar-refractivity contribution is -0.114. The van der Waals surface area contributed by atoms with E-state index in [9.17, 15) is 4.79 Å². The zero-order valence-electron chi connectivity index (χ0n) is 9.79. The van der Waals surface area contributed by atoms with Gasteiger partial charge >= 0.3 is 0 Å². The quantitative estimate of drug-likeness (QED) is 0.873. The number of anilines is 1. The molecule has 0 aliphatic carbocycles. The van der Waals surface area contributed by atoms with Crippen molar-refractivity contribution in [3.63, 3.8) is 0 Å². The zero-order valence-corrected chi connectivity index (χ0v) is 9.79. The summed E-state index contributed by atoms with van der Waals surface area (Å²) in [5.74, 6) is 0.0666. The van der Waals surface area contributed by atoms with Crippen LogP contribution in [0.3, 0.4) is 0 Å². The molecule has 1 aromatic heterocycles. The minimum atomic E-state index is -0.261. The first-order valence-electron chi connectivity index (χ1n) is 5.36. The van der Waals surface area contributed by atoms with Crippen molar-refractivity contribution in [1.82, 2.24) is 15.0 Å². The van der Waals surface area contributed by atoms with Crippen LogP contribution in [0.15, 0.2) is 30.3 Å². The first-order valence-corrected chi connectivity index (χ1v) is 5.36. The predicted molar refractivity (Wildman–Crippen MR) is 64.6 cm³/mol. The molecule has 0 bridgehead atoms. The molecule has 0 saturated heterocycles. The Morgan fingerprint density at radius 1 is 1.44 bits per heavy atom. The number of carbonyl (C=O) groups excluding carboxylic acids is 1. The summed E-state index contributed by atoms with van der Waals surface area (Å²) in [4.78, 5) is 11.1. The van der Waals surface area contributed by atoms with Gasteiger partial charge in [0.25, 0.3) is 0 Å². The van der Waals surface area contributed by atoms with E-state index >= 15 is 0 Å². The average Bonchev–Trinajstić information content (AvgIpc) is 2.72. The normalized spacial score (nSPS) is 9.78. The van der Waals surface area contributed by atoms with Crippen LogP contribution in [0.5, 0.6) is 0 Å². The van der Waals surface area contributed by atoms with Crippen molar-refractivity contribution in [3.8, 4) is 6.07 Å². The van der Waals surface area contributed by atoms with Crippen LogP contribution in [-0.2, 0) is 11.3 Å². The predicted octanol–water partition coefficient (Wildman–Crippen LogP) is 1.16. The first-order chi connectivity index (χ1) is 8.70. The molecule has 2 rings (SSSR count). The van der Waals surface area contributed by atoms with E-state index in [0.29, 0.717) is 12.4 Å². The smallest absolute Gasteiger partial charge is 0.222 e. The fourth-order valence-corrected chi connectivity index (χ4v) is 1.55. The Bertz CT molecular complexity index is 597. The third kappa shape index (κ3) is 2.52. The second-order valence-corrected chi connectivity index (χ2v) is 3.72. The Hall–Kier alpha value is -2.68. The van der Waals surface area contributed by atoms with Gasteiger partial charge in [0.15, 0.2) is 5.82 Å². The monoisotopic (exact) mass is 241 g/mol. The zero-order chi connectivity index (χ0) is 13.0. The van der Waals surface area contributed by atoms with Gasteiger partial charge in [-0.3, -0.25) is 4.79 Å². The first kappa shape index (κ1) is 11.8. The summed E-state index contributed by atoms with van der Waals surface area (Å²) in [5, 5.41) is 19.0. The van der Waals surface area contributed by atoms with Gasteiger partial charge in [0.05, 0.1) is 6.54 Å². The molecule has 0 fully saturated rings. The van der Waals surface area contributed by atoms with E-state index in [1.165, 1.54) is 11.6 Å². The van der Waals surface area contributed by atoms with E-state index in [4.69, 9.17) is 5.26 Å². The van der Waals surface area contributed by atoms with E-state index in [1.54, 1.807) is 0 Å². The Labute approximate surface area is 104 Å². The van der Waals surface area contributed by atoms with Gasteiger partial charge in [0.1, 0.15) is 6.07 Å². The van der Waals surface area contributed by atoms with Gasteiger partial charge in [-0.25, -0.2) is 4.68 Å². The molecule has 6 nitrogen and oxygen atoms in total. The third-order valence-corrected chi connectivity index (χ3v) is 2.31. The number of nitrogens with one attached hydrogen (secondary N) is 1. The summed E-state index contributed by atoms with van der Waals surface area (Å²) in [6, 6.07) is 11.5. The molecule has 1 aromatic carbocycles. The van der Waals surface area contributed by atoms with Gasteiger partial charge in [0.2, 0.25) is 11.6 Å². The van der Waals surface area contributed by atoms with Crippen LogP contribution in [-0.4, -0.2) is 20.9 Å². The molecule has 6 heteroatoms. The number of nitriles is 1. The summed E-state index contributed by atoms with van der Waals surface area (Å²) in [6.45, 7) is 1.83. The number of nitrogens with zero attached hydrogens (tertiary/aromatic N) is 4. The third-order valence-electron chi connectivity index (χ3n) is 2.31. The lowest BCUT2D eigenvalue weighted by Gasteiger charge is -2.06. The molecule has 1 amide bonds. The fourth-order valence-electron chi connectivity index (χ4n) is 1.55. The molecule has 0 unspecified atom stereocenters. The lowest BCUT2D eigenvalue weighted by atomic mass is 10.2. The standard InChI is InChI=1S/C12H11N5O/c1-9(18)14-12-11(7-13)15-16-17(12)8-10-5-3-2-4-6-10/h2-6H,8H2,1H3,(H,14,18).